The minimum atomic E-state index is 0.0758. The number of nitrogen functional groups attached to an aromatic ring is 1. The molecule has 0 amide bonds. The molecule has 5 nitrogen and oxygen atoms in total. The summed E-state index contributed by atoms with van der Waals surface area (Å²) in [6.45, 7) is 0. The molecule has 0 radical (unpaired) electrons. The molecule has 0 aliphatic carbocycles. The lowest BCUT2D eigenvalue weighted by molar-refractivity contribution is -0.793. The van der Waals surface area contributed by atoms with Gasteiger partial charge in [0.25, 0.3) is 5.69 Å². The lowest BCUT2D eigenvalue weighted by Gasteiger charge is -1.99. The number of nitrogens with two attached hydrogens (primary N) is 1. The van der Waals surface area contributed by atoms with Crippen LogP contribution in [-0.4, -0.2) is 5.16 Å². The molecule has 72 valence electrons. The van der Waals surface area contributed by atoms with Gasteiger partial charge in [0.05, 0.1) is 5.16 Å². The third kappa shape index (κ3) is 1.33. The zero-order valence-corrected chi connectivity index (χ0v) is 8.56. The van der Waals surface area contributed by atoms with Crippen LogP contribution in [0.2, 0.25) is 0 Å². The maximum atomic E-state index is 11.2. The molecule has 0 unspecified atom stereocenters. The molecule has 0 aliphatic heterocycles. The quantitative estimate of drug-likeness (QED) is 0.780. The van der Waals surface area contributed by atoms with E-state index in [0.29, 0.717) is 5.56 Å². The number of aromatic nitrogens is 2. The molecule has 1 aromatic carbocycles. The van der Waals surface area contributed by atoms with E-state index in [0.717, 1.165) is 4.47 Å². The minimum absolute atomic E-state index is 0.0758. The summed E-state index contributed by atoms with van der Waals surface area (Å²) in [7, 11) is 0. The summed E-state index contributed by atoms with van der Waals surface area (Å²) in [5, 5.41) is 14.5. The van der Waals surface area contributed by atoms with E-state index in [9.17, 15) is 5.21 Å². The van der Waals surface area contributed by atoms with Gasteiger partial charge in [0.2, 0.25) is 0 Å². The molecule has 1 aromatic heterocycles. The van der Waals surface area contributed by atoms with Gasteiger partial charge in [0, 0.05) is 10.0 Å². The highest BCUT2D eigenvalue weighted by atomic mass is 79.9. The molecular weight excluding hydrogens is 250 g/mol. The van der Waals surface area contributed by atoms with Gasteiger partial charge in [0.1, 0.15) is 0 Å². The Morgan fingerprint density at radius 2 is 2.14 bits per heavy atom. The first-order valence-corrected chi connectivity index (χ1v) is 4.59. The fourth-order valence-electron chi connectivity index (χ4n) is 1.15. The lowest BCUT2D eigenvalue weighted by Crippen LogP contribution is -2.25. The Hall–Kier alpha value is -1.56. The van der Waals surface area contributed by atoms with Gasteiger partial charge >= 0.3 is 5.82 Å². The predicted molar refractivity (Wildman–Crippen MR) is 53.0 cm³/mol. The number of anilines is 1. The molecule has 0 saturated heterocycles. The monoisotopic (exact) mass is 255 g/mol. The van der Waals surface area contributed by atoms with Gasteiger partial charge in [-0.3, -0.25) is 4.63 Å². The molecule has 0 bridgehead atoms. The zero-order chi connectivity index (χ0) is 10.1. The van der Waals surface area contributed by atoms with E-state index in [2.05, 4.69) is 25.7 Å². The Morgan fingerprint density at radius 1 is 1.43 bits per heavy atom. The molecular formula is C8H6BrN3O2. The van der Waals surface area contributed by atoms with Crippen LogP contribution >= 0.6 is 15.9 Å². The van der Waals surface area contributed by atoms with Crippen LogP contribution < -0.4 is 10.6 Å². The highest BCUT2D eigenvalue weighted by Gasteiger charge is 2.19. The van der Waals surface area contributed by atoms with Crippen LogP contribution in [0.4, 0.5) is 5.82 Å². The first-order chi connectivity index (χ1) is 6.70. The van der Waals surface area contributed by atoms with E-state index >= 15 is 0 Å². The standard InChI is InChI=1S/C8H6BrN3O2/c9-6-4-2-1-3-5(6)7-8(10)11-14-12(7)13/h1-4H,(H2,10,11). The maximum absolute atomic E-state index is 11.2. The number of hydrogen-bond acceptors (Lipinski definition) is 4. The van der Waals surface area contributed by atoms with Crippen molar-refractivity contribution in [1.82, 2.24) is 5.16 Å². The van der Waals surface area contributed by atoms with Crippen LogP contribution in [0.5, 0.6) is 0 Å². The zero-order valence-electron chi connectivity index (χ0n) is 6.98. The van der Waals surface area contributed by atoms with Gasteiger partial charge < -0.3 is 10.9 Å². The number of nitrogens with zero attached hydrogens (tertiary/aromatic N) is 2. The largest absolute Gasteiger partial charge is 0.359 e. The first kappa shape index (κ1) is 9.01. The first-order valence-electron chi connectivity index (χ1n) is 3.80. The highest BCUT2D eigenvalue weighted by molar-refractivity contribution is 9.10. The summed E-state index contributed by atoms with van der Waals surface area (Å²) in [6, 6.07) is 7.20. The molecule has 6 heteroatoms. The molecule has 0 fully saturated rings. The van der Waals surface area contributed by atoms with Crippen molar-refractivity contribution < 1.29 is 9.53 Å². The van der Waals surface area contributed by atoms with E-state index in [4.69, 9.17) is 5.73 Å². The summed E-state index contributed by atoms with van der Waals surface area (Å²) >= 11 is 3.31. The number of hydrogen-bond donors (Lipinski definition) is 1. The summed E-state index contributed by atoms with van der Waals surface area (Å²) < 4.78 is 5.13. The van der Waals surface area contributed by atoms with Crippen LogP contribution in [0.3, 0.4) is 0 Å². The Morgan fingerprint density at radius 3 is 2.71 bits per heavy atom. The van der Waals surface area contributed by atoms with E-state index in [1.165, 1.54) is 0 Å². The Kier molecular flexibility index (Phi) is 2.12. The number of rotatable bonds is 1. The fourth-order valence-corrected chi connectivity index (χ4v) is 1.62. The molecule has 2 N–H and O–H groups in total. The van der Waals surface area contributed by atoms with Crippen molar-refractivity contribution in [3.8, 4) is 11.3 Å². The summed E-state index contributed by atoms with van der Waals surface area (Å²) in [5.74, 6) is 0.0758. The molecule has 2 rings (SSSR count). The summed E-state index contributed by atoms with van der Waals surface area (Å²) in [5.41, 5.74) is 6.37. The SMILES string of the molecule is Nc1no[n+]([O-])c1-c1ccccc1Br. The van der Waals surface area contributed by atoms with E-state index in [1.807, 2.05) is 12.1 Å². The average Bonchev–Trinajstić information content (AvgIpc) is 2.48. The smallest absolute Gasteiger partial charge is 0.313 e. The fraction of sp³-hybridized carbons (Fsp3) is 0. The normalized spacial score (nSPS) is 10.4. The average molecular weight is 256 g/mol. The van der Waals surface area contributed by atoms with E-state index in [1.54, 1.807) is 12.1 Å². The van der Waals surface area contributed by atoms with Crippen molar-refractivity contribution in [1.29, 1.82) is 0 Å². The second-order valence-corrected chi connectivity index (χ2v) is 3.50. The summed E-state index contributed by atoms with van der Waals surface area (Å²) in [4.78, 5) is 0.287. The van der Waals surface area contributed by atoms with Gasteiger partial charge in [-0.15, -0.1) is 0 Å². The van der Waals surface area contributed by atoms with Crippen LogP contribution in [-0.2, 0) is 0 Å². The molecule has 0 spiro atoms. The molecule has 0 saturated carbocycles. The van der Waals surface area contributed by atoms with Gasteiger partial charge in [0.15, 0.2) is 0 Å². The van der Waals surface area contributed by atoms with Crippen molar-refractivity contribution in [3.63, 3.8) is 0 Å². The van der Waals surface area contributed by atoms with Gasteiger partial charge in [-0.05, 0) is 17.0 Å². The molecule has 14 heavy (non-hydrogen) atoms. The van der Waals surface area contributed by atoms with Crippen molar-refractivity contribution in [2.24, 2.45) is 0 Å². The van der Waals surface area contributed by atoms with Crippen molar-refractivity contribution in [2.45, 2.75) is 0 Å². The highest BCUT2D eigenvalue weighted by Crippen LogP contribution is 2.28. The summed E-state index contributed by atoms with van der Waals surface area (Å²) in [6.07, 6.45) is 0. The Labute approximate surface area is 87.8 Å². The molecule has 0 aliphatic rings. The van der Waals surface area contributed by atoms with Crippen LogP contribution in [0, 0.1) is 5.21 Å². The number of halogens is 1. The topological polar surface area (TPSA) is 79.0 Å². The third-order valence-electron chi connectivity index (χ3n) is 1.77. The molecule has 0 atom stereocenters. The second kappa shape index (κ2) is 3.30. The van der Waals surface area contributed by atoms with Crippen LogP contribution in [0.25, 0.3) is 11.3 Å². The van der Waals surface area contributed by atoms with Crippen LogP contribution in [0.1, 0.15) is 0 Å². The van der Waals surface area contributed by atoms with Crippen molar-refractivity contribution in [2.75, 3.05) is 5.73 Å². The molecule has 1 heterocycles. The Bertz CT molecular complexity index is 450. The van der Waals surface area contributed by atoms with Gasteiger partial charge in [-0.25, -0.2) is 0 Å². The van der Waals surface area contributed by atoms with E-state index < -0.39 is 0 Å². The maximum Gasteiger partial charge on any atom is 0.313 e. The second-order valence-electron chi connectivity index (χ2n) is 2.64. The lowest BCUT2D eigenvalue weighted by atomic mass is 10.1. The predicted octanol–water partition coefficient (Wildman–Crippen LogP) is 1.32. The van der Waals surface area contributed by atoms with Crippen molar-refractivity contribution in [3.05, 3.63) is 33.9 Å². The van der Waals surface area contributed by atoms with Gasteiger partial charge in [-0.2, -0.15) is 0 Å². The third-order valence-corrected chi connectivity index (χ3v) is 2.46. The Balaban J connectivity index is 2.66. The van der Waals surface area contributed by atoms with Gasteiger partial charge in [-0.1, -0.05) is 28.1 Å². The minimum Gasteiger partial charge on any atom is -0.359 e. The van der Waals surface area contributed by atoms with Crippen LogP contribution in [0.15, 0.2) is 33.4 Å². The molecule has 2 aromatic rings. The van der Waals surface area contributed by atoms with E-state index in [-0.39, 0.29) is 16.4 Å². The van der Waals surface area contributed by atoms with Crippen molar-refractivity contribution >= 4 is 21.7 Å². The number of benzene rings is 1.